The minimum absolute atomic E-state index is 0.212. The highest BCUT2D eigenvalue weighted by Crippen LogP contribution is 2.34. The molecule has 2 rings (SSSR count). The first-order chi connectivity index (χ1) is 10.3. The second-order valence-corrected chi connectivity index (χ2v) is 7.64. The largest absolute Gasteiger partial charge is 0.329 e. The number of nitro groups is 1. The van der Waals surface area contributed by atoms with Crippen molar-refractivity contribution in [3.63, 3.8) is 0 Å². The van der Waals surface area contributed by atoms with E-state index in [4.69, 9.17) is 5.73 Å². The molecular formula is C14H21N3O4S. The van der Waals surface area contributed by atoms with Gasteiger partial charge in [0.15, 0.2) is 4.90 Å². The molecule has 2 atom stereocenters. The number of hydrogen-bond donors (Lipinski definition) is 1. The fourth-order valence-corrected chi connectivity index (χ4v) is 5.02. The van der Waals surface area contributed by atoms with Gasteiger partial charge in [-0.3, -0.25) is 10.1 Å². The van der Waals surface area contributed by atoms with Crippen LogP contribution >= 0.6 is 0 Å². The summed E-state index contributed by atoms with van der Waals surface area (Å²) in [5, 5.41) is 11.2. The highest BCUT2D eigenvalue weighted by atomic mass is 32.2. The van der Waals surface area contributed by atoms with Crippen molar-refractivity contribution in [3.05, 3.63) is 33.9 Å². The van der Waals surface area contributed by atoms with E-state index < -0.39 is 14.9 Å². The van der Waals surface area contributed by atoms with Gasteiger partial charge in [0.1, 0.15) is 0 Å². The second-order valence-electron chi connectivity index (χ2n) is 5.82. The fourth-order valence-electron chi connectivity index (χ4n) is 2.99. The van der Waals surface area contributed by atoms with Crippen LogP contribution in [0.15, 0.2) is 23.1 Å². The van der Waals surface area contributed by atoms with Gasteiger partial charge in [0.2, 0.25) is 10.0 Å². The molecule has 1 aromatic carbocycles. The van der Waals surface area contributed by atoms with Crippen LogP contribution in [0.25, 0.3) is 0 Å². The Bertz CT molecular complexity index is 675. The van der Waals surface area contributed by atoms with Crippen LogP contribution in [0.5, 0.6) is 0 Å². The van der Waals surface area contributed by atoms with Crippen molar-refractivity contribution in [2.24, 2.45) is 11.7 Å². The highest BCUT2D eigenvalue weighted by molar-refractivity contribution is 7.89. The third-order valence-corrected chi connectivity index (χ3v) is 6.30. The van der Waals surface area contributed by atoms with E-state index in [9.17, 15) is 18.5 Å². The predicted octanol–water partition coefficient (Wildman–Crippen LogP) is 1.65. The van der Waals surface area contributed by atoms with Crippen LogP contribution in [-0.2, 0) is 10.0 Å². The number of nitrogens with two attached hydrogens (primary N) is 1. The van der Waals surface area contributed by atoms with Crippen molar-refractivity contribution >= 4 is 15.7 Å². The fraction of sp³-hybridized carbons (Fsp3) is 0.571. The summed E-state index contributed by atoms with van der Waals surface area (Å²) < 4.78 is 27.3. The van der Waals surface area contributed by atoms with Gasteiger partial charge in [0.25, 0.3) is 5.69 Å². The van der Waals surface area contributed by atoms with Crippen LogP contribution in [0.3, 0.4) is 0 Å². The van der Waals surface area contributed by atoms with Crippen molar-refractivity contribution < 1.29 is 13.3 Å². The van der Waals surface area contributed by atoms with E-state index in [0.717, 1.165) is 6.42 Å². The van der Waals surface area contributed by atoms with E-state index in [1.165, 1.54) is 16.4 Å². The van der Waals surface area contributed by atoms with Crippen LogP contribution in [-0.4, -0.2) is 36.8 Å². The minimum atomic E-state index is -3.94. The SMILES string of the molecule is Cc1cccc([N+](=O)[O-])c1S(=O)(=O)N1CCC(C)CC1CN. The van der Waals surface area contributed by atoms with E-state index in [0.29, 0.717) is 24.4 Å². The van der Waals surface area contributed by atoms with Gasteiger partial charge in [-0.05, 0) is 31.2 Å². The topological polar surface area (TPSA) is 107 Å². The Morgan fingerprint density at radius 1 is 1.45 bits per heavy atom. The molecule has 0 aromatic heterocycles. The molecule has 1 aliphatic heterocycles. The van der Waals surface area contributed by atoms with Crippen LogP contribution in [0.2, 0.25) is 0 Å². The molecular weight excluding hydrogens is 306 g/mol. The first kappa shape index (κ1) is 16.9. The highest BCUT2D eigenvalue weighted by Gasteiger charge is 2.39. The molecule has 1 heterocycles. The van der Waals surface area contributed by atoms with Gasteiger partial charge in [-0.15, -0.1) is 0 Å². The lowest BCUT2D eigenvalue weighted by atomic mass is 9.94. The zero-order chi connectivity index (χ0) is 16.5. The molecule has 0 spiro atoms. The third-order valence-electron chi connectivity index (χ3n) is 4.15. The number of aryl methyl sites for hydroxylation is 1. The maximum absolute atomic E-state index is 13.0. The molecule has 1 fully saturated rings. The first-order valence-corrected chi connectivity index (χ1v) is 8.69. The van der Waals surface area contributed by atoms with Crippen molar-refractivity contribution in [1.82, 2.24) is 4.31 Å². The first-order valence-electron chi connectivity index (χ1n) is 7.25. The van der Waals surface area contributed by atoms with Gasteiger partial charge in [-0.1, -0.05) is 19.1 Å². The molecule has 2 unspecified atom stereocenters. The van der Waals surface area contributed by atoms with Gasteiger partial charge in [-0.25, -0.2) is 8.42 Å². The van der Waals surface area contributed by atoms with Crippen molar-refractivity contribution in [1.29, 1.82) is 0 Å². The zero-order valence-corrected chi connectivity index (χ0v) is 13.5. The smallest absolute Gasteiger partial charge is 0.289 e. The van der Waals surface area contributed by atoms with Crippen LogP contribution in [0, 0.1) is 23.0 Å². The summed E-state index contributed by atoms with van der Waals surface area (Å²) in [4.78, 5) is 10.3. The number of nitrogens with zero attached hydrogens (tertiary/aromatic N) is 2. The van der Waals surface area contributed by atoms with E-state index in [1.54, 1.807) is 13.0 Å². The molecule has 0 bridgehead atoms. The number of benzene rings is 1. The summed E-state index contributed by atoms with van der Waals surface area (Å²) in [6.45, 7) is 4.19. The predicted molar refractivity (Wildman–Crippen MR) is 83.0 cm³/mol. The van der Waals surface area contributed by atoms with Gasteiger partial charge in [-0.2, -0.15) is 4.31 Å². The standard InChI is InChI=1S/C14H21N3O4S/c1-10-6-7-16(12(8-10)9-15)22(20,21)14-11(2)4-3-5-13(14)17(18)19/h3-5,10,12H,6-9,15H2,1-2H3. The Morgan fingerprint density at radius 2 is 2.14 bits per heavy atom. The van der Waals surface area contributed by atoms with Gasteiger partial charge in [0, 0.05) is 25.2 Å². The molecule has 8 heteroatoms. The number of sulfonamides is 1. The average Bonchev–Trinajstić information content (AvgIpc) is 2.46. The summed E-state index contributed by atoms with van der Waals surface area (Å²) in [5.74, 6) is 0.395. The van der Waals surface area contributed by atoms with Crippen molar-refractivity contribution in [3.8, 4) is 0 Å². The summed E-state index contributed by atoms with van der Waals surface area (Å²) >= 11 is 0. The second kappa shape index (κ2) is 6.31. The van der Waals surface area contributed by atoms with Crippen LogP contribution in [0.4, 0.5) is 5.69 Å². The number of rotatable bonds is 4. The molecule has 0 radical (unpaired) electrons. The van der Waals surface area contributed by atoms with Crippen molar-refractivity contribution in [2.45, 2.75) is 37.6 Å². The number of piperidine rings is 1. The normalized spacial score (nSPS) is 23.4. The lowest BCUT2D eigenvalue weighted by Gasteiger charge is -2.36. The van der Waals surface area contributed by atoms with Crippen molar-refractivity contribution in [2.75, 3.05) is 13.1 Å². The summed E-state index contributed by atoms with van der Waals surface area (Å²) in [6.07, 6.45) is 1.41. The molecule has 1 aliphatic rings. The Hall–Kier alpha value is -1.51. The molecule has 22 heavy (non-hydrogen) atoms. The Kier molecular flexibility index (Phi) is 4.84. The summed E-state index contributed by atoms with van der Waals surface area (Å²) in [5.41, 5.74) is 5.72. The minimum Gasteiger partial charge on any atom is -0.329 e. The number of nitro benzene ring substituents is 1. The monoisotopic (exact) mass is 327 g/mol. The van der Waals surface area contributed by atoms with Crippen LogP contribution in [0.1, 0.15) is 25.3 Å². The van der Waals surface area contributed by atoms with Crippen LogP contribution < -0.4 is 5.73 Å². The summed E-state index contributed by atoms with van der Waals surface area (Å²) in [6, 6.07) is 3.98. The van der Waals surface area contributed by atoms with E-state index >= 15 is 0 Å². The van der Waals surface area contributed by atoms with E-state index in [2.05, 4.69) is 6.92 Å². The maximum Gasteiger partial charge on any atom is 0.289 e. The molecule has 122 valence electrons. The average molecular weight is 327 g/mol. The number of hydrogen-bond acceptors (Lipinski definition) is 5. The third kappa shape index (κ3) is 2.99. The van der Waals surface area contributed by atoms with Gasteiger partial charge < -0.3 is 5.73 Å². The lowest BCUT2D eigenvalue weighted by molar-refractivity contribution is -0.387. The Balaban J connectivity index is 2.53. The molecule has 1 aromatic rings. The molecule has 7 nitrogen and oxygen atoms in total. The lowest BCUT2D eigenvalue weighted by Crippen LogP contribution is -2.49. The Labute approximate surface area is 130 Å². The molecule has 0 saturated carbocycles. The Morgan fingerprint density at radius 3 is 2.73 bits per heavy atom. The molecule has 1 saturated heterocycles. The molecule has 2 N–H and O–H groups in total. The summed E-state index contributed by atoms with van der Waals surface area (Å²) in [7, 11) is -3.94. The van der Waals surface area contributed by atoms with Gasteiger partial charge >= 0.3 is 0 Å². The van der Waals surface area contributed by atoms with E-state index in [-0.39, 0.29) is 23.2 Å². The molecule has 0 aliphatic carbocycles. The zero-order valence-electron chi connectivity index (χ0n) is 12.7. The quantitative estimate of drug-likeness (QED) is 0.668. The molecule has 0 amide bonds. The maximum atomic E-state index is 13.0. The van der Waals surface area contributed by atoms with Gasteiger partial charge in [0.05, 0.1) is 4.92 Å². The van der Waals surface area contributed by atoms with E-state index in [1.807, 2.05) is 0 Å².